The van der Waals surface area contributed by atoms with Crippen molar-refractivity contribution in [3.8, 4) is 0 Å². The van der Waals surface area contributed by atoms with E-state index in [2.05, 4.69) is 34.4 Å². The minimum absolute atomic E-state index is 0.00672. The van der Waals surface area contributed by atoms with Gasteiger partial charge in [-0.25, -0.2) is 9.97 Å². The summed E-state index contributed by atoms with van der Waals surface area (Å²) in [6.45, 7) is 8.09. The Morgan fingerprint density at radius 2 is 1.92 bits per heavy atom. The molecule has 1 aromatic carbocycles. The molecule has 1 amide bonds. The van der Waals surface area contributed by atoms with E-state index >= 15 is 0 Å². The minimum atomic E-state index is -0.216. The van der Waals surface area contributed by atoms with E-state index in [0.29, 0.717) is 35.4 Å². The molecule has 0 aliphatic rings. The molecule has 0 unspecified atom stereocenters. The van der Waals surface area contributed by atoms with Crippen molar-refractivity contribution in [1.29, 1.82) is 0 Å². The quantitative estimate of drug-likeness (QED) is 0.754. The summed E-state index contributed by atoms with van der Waals surface area (Å²) in [4.78, 5) is 32.3. The molecule has 0 radical (unpaired) electrons. The number of ketones is 1. The number of aromatic nitrogens is 2. The second kappa shape index (κ2) is 8.37. The second-order valence-electron chi connectivity index (χ2n) is 6.39. The lowest BCUT2D eigenvalue weighted by Crippen LogP contribution is -2.26. The van der Waals surface area contributed by atoms with Gasteiger partial charge in [0, 0.05) is 23.9 Å². The van der Waals surface area contributed by atoms with Crippen LogP contribution < -0.4 is 10.6 Å². The molecule has 0 saturated carbocycles. The number of benzene rings is 1. The Labute approximate surface area is 148 Å². The Morgan fingerprint density at radius 3 is 2.60 bits per heavy atom. The molecule has 25 heavy (non-hydrogen) atoms. The molecule has 1 aromatic heterocycles. The zero-order valence-electron chi connectivity index (χ0n) is 15.1. The van der Waals surface area contributed by atoms with Crippen molar-refractivity contribution in [1.82, 2.24) is 15.3 Å². The molecule has 0 spiro atoms. The molecule has 0 bridgehead atoms. The van der Waals surface area contributed by atoms with Gasteiger partial charge in [0.1, 0.15) is 17.3 Å². The Morgan fingerprint density at radius 1 is 1.16 bits per heavy atom. The fraction of sp³-hybridized carbons (Fsp3) is 0.368. The summed E-state index contributed by atoms with van der Waals surface area (Å²) < 4.78 is 0. The van der Waals surface area contributed by atoms with Gasteiger partial charge in [-0.05, 0) is 38.3 Å². The predicted octanol–water partition coefficient (Wildman–Crippen LogP) is 3.51. The van der Waals surface area contributed by atoms with E-state index in [0.717, 1.165) is 12.1 Å². The fourth-order valence-corrected chi connectivity index (χ4v) is 2.28. The lowest BCUT2D eigenvalue weighted by molar-refractivity contribution is 0.0945. The van der Waals surface area contributed by atoms with Gasteiger partial charge in [-0.3, -0.25) is 9.59 Å². The van der Waals surface area contributed by atoms with Gasteiger partial charge in [-0.1, -0.05) is 26.0 Å². The lowest BCUT2D eigenvalue weighted by Gasteiger charge is -2.10. The van der Waals surface area contributed by atoms with Crippen LogP contribution in [0.15, 0.2) is 30.3 Å². The number of rotatable bonds is 7. The summed E-state index contributed by atoms with van der Waals surface area (Å²) >= 11 is 0. The van der Waals surface area contributed by atoms with Crippen LogP contribution in [0.5, 0.6) is 0 Å². The molecule has 132 valence electrons. The van der Waals surface area contributed by atoms with Gasteiger partial charge >= 0.3 is 0 Å². The van der Waals surface area contributed by atoms with E-state index in [1.54, 1.807) is 31.2 Å². The first-order valence-electron chi connectivity index (χ1n) is 8.37. The third kappa shape index (κ3) is 5.67. The monoisotopic (exact) mass is 340 g/mol. The minimum Gasteiger partial charge on any atom is -0.351 e. The van der Waals surface area contributed by atoms with Crippen molar-refractivity contribution in [3.05, 3.63) is 47.4 Å². The van der Waals surface area contributed by atoms with Gasteiger partial charge < -0.3 is 10.6 Å². The summed E-state index contributed by atoms with van der Waals surface area (Å²) in [5.41, 5.74) is 1.67. The maximum Gasteiger partial charge on any atom is 0.270 e. The van der Waals surface area contributed by atoms with E-state index in [1.165, 1.54) is 6.92 Å². The second-order valence-corrected chi connectivity index (χ2v) is 6.39. The third-order valence-corrected chi connectivity index (χ3v) is 3.62. The number of carbonyl (C=O) groups excluding carboxylic acids is 2. The highest BCUT2D eigenvalue weighted by Gasteiger charge is 2.11. The Kier molecular flexibility index (Phi) is 6.22. The van der Waals surface area contributed by atoms with Gasteiger partial charge in [-0.2, -0.15) is 0 Å². The normalized spacial score (nSPS) is 10.6. The highest BCUT2D eigenvalue weighted by molar-refractivity contribution is 5.95. The summed E-state index contributed by atoms with van der Waals surface area (Å²) in [5.74, 6) is 1.32. The van der Waals surface area contributed by atoms with Crippen LogP contribution in [0.1, 0.15) is 53.9 Å². The molecular weight excluding hydrogens is 316 g/mol. The summed E-state index contributed by atoms with van der Waals surface area (Å²) in [5, 5.41) is 6.00. The molecular formula is C19H24N4O2. The molecule has 2 N–H and O–H groups in total. The number of Topliss-reactive ketones (excluding diaryl/α,β-unsaturated/α-hetero) is 1. The first-order chi connectivity index (χ1) is 11.8. The molecule has 0 aliphatic heterocycles. The van der Waals surface area contributed by atoms with Crippen molar-refractivity contribution >= 4 is 23.2 Å². The van der Waals surface area contributed by atoms with Crippen molar-refractivity contribution in [2.75, 3.05) is 11.9 Å². The highest BCUT2D eigenvalue weighted by atomic mass is 16.1. The van der Waals surface area contributed by atoms with Gasteiger partial charge in [-0.15, -0.1) is 0 Å². The summed E-state index contributed by atoms with van der Waals surface area (Å²) in [6.07, 6.45) is 0.915. The van der Waals surface area contributed by atoms with Crippen molar-refractivity contribution in [3.63, 3.8) is 0 Å². The van der Waals surface area contributed by atoms with Crippen LogP contribution in [-0.4, -0.2) is 28.2 Å². The van der Waals surface area contributed by atoms with Crippen LogP contribution in [-0.2, 0) is 0 Å². The van der Waals surface area contributed by atoms with Gasteiger partial charge in [0.15, 0.2) is 5.78 Å². The van der Waals surface area contributed by atoms with Gasteiger partial charge in [0.05, 0.1) is 0 Å². The first-order valence-corrected chi connectivity index (χ1v) is 8.37. The van der Waals surface area contributed by atoms with Gasteiger partial charge in [0.25, 0.3) is 5.91 Å². The zero-order chi connectivity index (χ0) is 18.4. The molecule has 2 aromatic rings. The maximum absolute atomic E-state index is 12.3. The van der Waals surface area contributed by atoms with E-state index in [-0.39, 0.29) is 11.7 Å². The predicted molar refractivity (Wildman–Crippen MR) is 98.3 cm³/mol. The lowest BCUT2D eigenvalue weighted by atomic mass is 10.1. The van der Waals surface area contributed by atoms with Crippen LogP contribution >= 0.6 is 0 Å². The van der Waals surface area contributed by atoms with Crippen LogP contribution in [0, 0.1) is 12.8 Å². The van der Waals surface area contributed by atoms with E-state index < -0.39 is 0 Å². The van der Waals surface area contributed by atoms with E-state index in [4.69, 9.17) is 0 Å². The Balaban J connectivity index is 2.14. The van der Waals surface area contributed by atoms with E-state index in [9.17, 15) is 9.59 Å². The number of hydrogen-bond donors (Lipinski definition) is 2. The summed E-state index contributed by atoms with van der Waals surface area (Å²) in [7, 11) is 0. The van der Waals surface area contributed by atoms with Gasteiger partial charge in [0.2, 0.25) is 0 Å². The molecule has 0 saturated heterocycles. The maximum atomic E-state index is 12.3. The Hall–Kier alpha value is -2.76. The summed E-state index contributed by atoms with van der Waals surface area (Å²) in [6, 6.07) is 8.76. The number of aryl methyl sites for hydroxylation is 1. The molecule has 6 nitrogen and oxygen atoms in total. The first kappa shape index (κ1) is 18.6. The average Bonchev–Trinajstić information content (AvgIpc) is 2.54. The smallest absolute Gasteiger partial charge is 0.270 e. The highest BCUT2D eigenvalue weighted by Crippen LogP contribution is 2.17. The van der Waals surface area contributed by atoms with Crippen molar-refractivity contribution in [2.24, 2.45) is 5.92 Å². The molecule has 0 fully saturated rings. The number of amides is 1. The molecule has 1 heterocycles. The van der Waals surface area contributed by atoms with Crippen molar-refractivity contribution in [2.45, 2.75) is 34.1 Å². The fourth-order valence-electron chi connectivity index (χ4n) is 2.28. The standard InChI is InChI=1S/C19H24N4O2/c1-12(2)8-9-20-19(25)17-11-18(22-14(4)21-17)23-16-7-5-6-15(10-16)13(3)24/h5-7,10-12H,8-9H2,1-4H3,(H,20,25)(H,21,22,23). The third-order valence-electron chi connectivity index (χ3n) is 3.62. The molecule has 6 heteroatoms. The number of anilines is 2. The zero-order valence-corrected chi connectivity index (χ0v) is 15.1. The average molecular weight is 340 g/mol. The number of nitrogens with zero attached hydrogens (tertiary/aromatic N) is 2. The van der Waals surface area contributed by atoms with Crippen LogP contribution in [0.3, 0.4) is 0 Å². The molecule has 0 aliphatic carbocycles. The number of nitrogens with one attached hydrogen (secondary N) is 2. The van der Waals surface area contributed by atoms with Crippen LogP contribution in [0.25, 0.3) is 0 Å². The number of carbonyl (C=O) groups is 2. The van der Waals surface area contributed by atoms with Crippen molar-refractivity contribution < 1.29 is 9.59 Å². The topological polar surface area (TPSA) is 84.0 Å². The molecule has 0 atom stereocenters. The van der Waals surface area contributed by atoms with E-state index in [1.807, 2.05) is 6.07 Å². The molecule has 2 rings (SSSR count). The number of hydrogen-bond acceptors (Lipinski definition) is 5. The van der Waals surface area contributed by atoms with Crippen LogP contribution in [0.4, 0.5) is 11.5 Å². The SMILES string of the molecule is CC(=O)c1cccc(Nc2cc(C(=O)NCCC(C)C)nc(C)n2)c1. The Bertz CT molecular complexity index is 772. The largest absolute Gasteiger partial charge is 0.351 e. The van der Waals surface area contributed by atoms with Crippen LogP contribution in [0.2, 0.25) is 0 Å².